The second-order valence-corrected chi connectivity index (χ2v) is 13.3. The third kappa shape index (κ3) is 4.85. The smallest absolute Gasteiger partial charge is 0.227 e. The third-order valence-electron chi connectivity index (χ3n) is 9.13. The van der Waals surface area contributed by atoms with E-state index in [1.807, 2.05) is 60.7 Å². The summed E-state index contributed by atoms with van der Waals surface area (Å²) in [4.78, 5) is 20.2. The van der Waals surface area contributed by atoms with E-state index in [1.54, 1.807) is 11.3 Å². The normalized spacial score (nSPS) is 11.6. The van der Waals surface area contributed by atoms with Gasteiger partial charge in [-0.25, -0.2) is 19.9 Å². The Morgan fingerprint density at radius 3 is 1.84 bits per heavy atom. The van der Waals surface area contributed by atoms with E-state index >= 15 is 0 Å². The molecule has 10 aromatic rings. The lowest BCUT2D eigenvalue weighted by Gasteiger charge is -2.11. The van der Waals surface area contributed by atoms with E-state index in [0.717, 1.165) is 55.3 Å². The summed E-state index contributed by atoms with van der Waals surface area (Å²) in [5, 5.41) is 4.67. The van der Waals surface area contributed by atoms with Crippen molar-refractivity contribution in [2.75, 3.05) is 0 Å². The van der Waals surface area contributed by atoms with E-state index in [2.05, 4.69) is 97.1 Å². The number of oxazole rings is 1. The maximum Gasteiger partial charge on any atom is 0.227 e. The number of fused-ring (bicyclic) bond motifs is 5. The first-order chi connectivity index (χ1) is 24.7. The lowest BCUT2D eigenvalue weighted by molar-refractivity contribution is 0.620. The minimum absolute atomic E-state index is 0.602. The summed E-state index contributed by atoms with van der Waals surface area (Å²) in [7, 11) is 0. The molecule has 0 saturated carbocycles. The van der Waals surface area contributed by atoms with Crippen molar-refractivity contribution in [1.29, 1.82) is 0 Å². The molecule has 0 spiro atoms. The lowest BCUT2D eigenvalue weighted by atomic mass is 9.99. The monoisotopic (exact) mass is 658 g/mol. The SMILES string of the molecule is c1ccc(-c2nc(-c3cccc(-c4c5nc(-c6ccccc6)oc5cc5c4sc4ccccc45)c3)nc(-c3ccc4ccccc4c3)n2)cc1. The second-order valence-electron chi connectivity index (χ2n) is 12.3. The van der Waals surface area contributed by atoms with Crippen molar-refractivity contribution in [3.8, 4) is 56.7 Å². The minimum atomic E-state index is 0.602. The standard InChI is InChI=1S/C44H26N4OS/c1-3-13-28(14-4-1)41-46-42(48-43(47-41)33-23-22-27-12-7-8-17-30(27)24-33)32-19-11-18-31(25-32)38-39-36(49-44(45-39)29-15-5-2-6-16-29)26-35-34-20-9-10-21-37(34)50-40(35)38/h1-26H. The van der Waals surface area contributed by atoms with Crippen molar-refractivity contribution in [3.63, 3.8) is 0 Å². The second kappa shape index (κ2) is 11.6. The molecule has 3 aromatic heterocycles. The number of thiophene rings is 1. The maximum absolute atomic E-state index is 6.48. The van der Waals surface area contributed by atoms with Crippen molar-refractivity contribution in [2.24, 2.45) is 0 Å². The van der Waals surface area contributed by atoms with Gasteiger partial charge in [-0.15, -0.1) is 11.3 Å². The Bertz CT molecular complexity index is 2880. The van der Waals surface area contributed by atoms with Gasteiger partial charge in [0.1, 0.15) is 5.52 Å². The molecule has 0 unspecified atom stereocenters. The Hall–Kier alpha value is -6.50. The largest absolute Gasteiger partial charge is 0.436 e. The van der Waals surface area contributed by atoms with Crippen molar-refractivity contribution in [3.05, 3.63) is 158 Å². The molecular formula is C44H26N4OS. The zero-order valence-electron chi connectivity index (χ0n) is 26.6. The first kappa shape index (κ1) is 28.5. The highest BCUT2D eigenvalue weighted by molar-refractivity contribution is 7.26. The molecule has 50 heavy (non-hydrogen) atoms. The van der Waals surface area contributed by atoms with Gasteiger partial charge in [0.25, 0.3) is 0 Å². The van der Waals surface area contributed by atoms with Crippen LogP contribution in [0.3, 0.4) is 0 Å². The fourth-order valence-electron chi connectivity index (χ4n) is 6.71. The summed E-state index contributed by atoms with van der Waals surface area (Å²) in [6.07, 6.45) is 0. The van der Waals surface area contributed by atoms with E-state index < -0.39 is 0 Å². The van der Waals surface area contributed by atoms with Crippen LogP contribution in [0.1, 0.15) is 0 Å². The predicted octanol–water partition coefficient (Wildman–Crippen LogP) is 11.9. The molecule has 6 heteroatoms. The van der Waals surface area contributed by atoms with Gasteiger partial charge in [0.05, 0.1) is 0 Å². The van der Waals surface area contributed by atoms with Crippen LogP contribution in [0.25, 0.3) is 98.8 Å². The lowest BCUT2D eigenvalue weighted by Crippen LogP contribution is -2.00. The average molecular weight is 659 g/mol. The molecule has 10 rings (SSSR count). The molecule has 0 atom stereocenters. The van der Waals surface area contributed by atoms with E-state index in [9.17, 15) is 0 Å². The summed E-state index contributed by atoms with van der Waals surface area (Å²) >= 11 is 1.78. The zero-order chi connectivity index (χ0) is 33.0. The molecule has 3 heterocycles. The molecular weight excluding hydrogens is 633 g/mol. The topological polar surface area (TPSA) is 64.7 Å². The fraction of sp³-hybridized carbons (Fsp3) is 0. The molecule has 0 radical (unpaired) electrons. The molecule has 5 nitrogen and oxygen atoms in total. The van der Waals surface area contributed by atoms with Gasteiger partial charge < -0.3 is 4.42 Å². The summed E-state index contributed by atoms with van der Waals surface area (Å²) in [5.41, 5.74) is 7.35. The van der Waals surface area contributed by atoms with E-state index in [4.69, 9.17) is 24.4 Å². The first-order valence-corrected chi connectivity index (χ1v) is 17.3. The number of rotatable bonds is 5. The minimum Gasteiger partial charge on any atom is -0.436 e. The first-order valence-electron chi connectivity index (χ1n) is 16.5. The molecule has 0 bridgehead atoms. The highest BCUT2D eigenvalue weighted by Crippen LogP contribution is 2.45. The van der Waals surface area contributed by atoms with Crippen LogP contribution in [-0.2, 0) is 0 Å². The van der Waals surface area contributed by atoms with Gasteiger partial charge in [0, 0.05) is 48.0 Å². The van der Waals surface area contributed by atoms with Crippen molar-refractivity contribution < 1.29 is 4.42 Å². The molecule has 0 saturated heterocycles. The van der Waals surface area contributed by atoms with Gasteiger partial charge >= 0.3 is 0 Å². The number of nitrogens with zero attached hydrogens (tertiary/aromatic N) is 4. The van der Waals surface area contributed by atoms with Gasteiger partial charge in [0.15, 0.2) is 23.1 Å². The number of hydrogen-bond donors (Lipinski definition) is 0. The third-order valence-corrected chi connectivity index (χ3v) is 10.3. The molecule has 0 aliphatic heterocycles. The van der Waals surface area contributed by atoms with Crippen LogP contribution < -0.4 is 0 Å². The highest BCUT2D eigenvalue weighted by Gasteiger charge is 2.21. The van der Waals surface area contributed by atoms with E-state index in [-0.39, 0.29) is 0 Å². The summed E-state index contributed by atoms with van der Waals surface area (Å²) in [5.74, 6) is 2.46. The van der Waals surface area contributed by atoms with Gasteiger partial charge in [-0.1, -0.05) is 121 Å². The van der Waals surface area contributed by atoms with Crippen molar-refractivity contribution >= 4 is 53.4 Å². The maximum atomic E-state index is 6.48. The van der Waals surface area contributed by atoms with E-state index in [0.29, 0.717) is 23.4 Å². The molecule has 0 amide bonds. The van der Waals surface area contributed by atoms with Gasteiger partial charge in [0.2, 0.25) is 5.89 Å². The average Bonchev–Trinajstić information content (AvgIpc) is 3.79. The Balaban J connectivity index is 1.19. The molecule has 0 aliphatic carbocycles. The highest BCUT2D eigenvalue weighted by atomic mass is 32.1. The van der Waals surface area contributed by atoms with Crippen LogP contribution >= 0.6 is 11.3 Å². The van der Waals surface area contributed by atoms with Gasteiger partial charge in [-0.05, 0) is 52.7 Å². The Labute approximate surface area is 291 Å². The fourth-order valence-corrected chi connectivity index (χ4v) is 7.96. The predicted molar refractivity (Wildman–Crippen MR) is 205 cm³/mol. The van der Waals surface area contributed by atoms with Crippen molar-refractivity contribution in [2.45, 2.75) is 0 Å². The Morgan fingerprint density at radius 1 is 0.420 bits per heavy atom. The molecule has 0 fully saturated rings. The molecule has 7 aromatic carbocycles. The van der Waals surface area contributed by atoms with Crippen LogP contribution in [0.15, 0.2) is 162 Å². The van der Waals surface area contributed by atoms with Crippen LogP contribution in [-0.4, -0.2) is 19.9 Å². The molecule has 0 aliphatic rings. The zero-order valence-corrected chi connectivity index (χ0v) is 27.4. The molecule has 234 valence electrons. The number of aromatic nitrogens is 4. The van der Waals surface area contributed by atoms with Crippen molar-refractivity contribution in [1.82, 2.24) is 19.9 Å². The Kier molecular flexibility index (Phi) is 6.60. The molecule has 0 N–H and O–H groups in total. The quantitative estimate of drug-likeness (QED) is 0.184. The van der Waals surface area contributed by atoms with E-state index in [1.165, 1.54) is 20.2 Å². The number of hydrogen-bond acceptors (Lipinski definition) is 6. The van der Waals surface area contributed by atoms with Gasteiger partial charge in [-0.2, -0.15) is 0 Å². The Morgan fingerprint density at radius 2 is 1.04 bits per heavy atom. The summed E-state index contributed by atoms with van der Waals surface area (Å²) in [6, 6.07) is 54.0. The van der Waals surface area contributed by atoms with Gasteiger partial charge in [-0.3, -0.25) is 0 Å². The van der Waals surface area contributed by atoms with Crippen LogP contribution in [0.5, 0.6) is 0 Å². The summed E-state index contributed by atoms with van der Waals surface area (Å²) in [6.45, 7) is 0. The van der Waals surface area contributed by atoms with Crippen LogP contribution in [0, 0.1) is 0 Å². The number of benzene rings is 7. The summed E-state index contributed by atoms with van der Waals surface area (Å²) < 4.78 is 8.87. The van der Waals surface area contributed by atoms with Crippen LogP contribution in [0.2, 0.25) is 0 Å². The van der Waals surface area contributed by atoms with Crippen LogP contribution in [0.4, 0.5) is 0 Å².